The van der Waals surface area contributed by atoms with Crippen LogP contribution in [-0.2, 0) is 0 Å². The fourth-order valence-electron chi connectivity index (χ4n) is 2.13. The number of hydrogen-bond acceptors (Lipinski definition) is 1. The molecule has 1 atom stereocenters. The molecule has 1 heterocycles. The fraction of sp³-hybridized carbons (Fsp3) is 1.00. The van der Waals surface area contributed by atoms with E-state index in [4.69, 9.17) is 0 Å². The molecule has 1 saturated heterocycles. The van der Waals surface area contributed by atoms with Gasteiger partial charge >= 0.3 is 0 Å². The molecular weight excluding hydrogens is 134 g/mol. The van der Waals surface area contributed by atoms with Gasteiger partial charge in [0.2, 0.25) is 0 Å². The average molecular weight is 155 g/mol. The molecule has 1 heteroatoms. The zero-order valence-corrected chi connectivity index (χ0v) is 8.35. The van der Waals surface area contributed by atoms with Crippen LogP contribution in [0.1, 0.15) is 40.0 Å². The minimum absolute atomic E-state index is 0.519. The molecule has 1 aliphatic heterocycles. The van der Waals surface area contributed by atoms with E-state index >= 15 is 0 Å². The highest BCUT2D eigenvalue weighted by Crippen LogP contribution is 2.34. The van der Waals surface area contributed by atoms with Crippen molar-refractivity contribution in [2.75, 3.05) is 13.6 Å². The first-order valence-corrected chi connectivity index (χ1v) is 4.78. The van der Waals surface area contributed by atoms with Crippen LogP contribution < -0.4 is 0 Å². The summed E-state index contributed by atoms with van der Waals surface area (Å²) in [6.45, 7) is 8.37. The van der Waals surface area contributed by atoms with Crippen LogP contribution in [0, 0.1) is 5.41 Å². The van der Waals surface area contributed by atoms with Crippen LogP contribution in [0.3, 0.4) is 0 Å². The molecule has 0 unspecified atom stereocenters. The largest absolute Gasteiger partial charge is 0.303 e. The Balaban J connectivity index is 2.58. The Labute approximate surface area is 70.8 Å². The molecule has 0 saturated carbocycles. The summed E-state index contributed by atoms with van der Waals surface area (Å²) in [5.74, 6) is 0. The lowest BCUT2D eigenvalue weighted by Crippen LogP contribution is -2.38. The van der Waals surface area contributed by atoms with Gasteiger partial charge in [-0.1, -0.05) is 20.8 Å². The average Bonchev–Trinajstić information content (AvgIpc) is 2.36. The highest BCUT2D eigenvalue weighted by molar-refractivity contribution is 4.88. The van der Waals surface area contributed by atoms with E-state index in [9.17, 15) is 0 Å². The summed E-state index contributed by atoms with van der Waals surface area (Å²) >= 11 is 0. The van der Waals surface area contributed by atoms with Gasteiger partial charge in [-0.15, -0.1) is 0 Å². The smallest absolute Gasteiger partial charge is 0.0144 e. The standard InChI is InChI=1S/C10H21N/c1-5-10(2,3)9-7-6-8-11(9)4/h9H,5-8H2,1-4H3/t9-/m0/s1. The Morgan fingerprint density at radius 2 is 2.09 bits per heavy atom. The molecule has 0 N–H and O–H groups in total. The van der Waals surface area contributed by atoms with Crippen molar-refractivity contribution >= 4 is 0 Å². The topological polar surface area (TPSA) is 3.24 Å². The SMILES string of the molecule is CCC(C)(C)[C@@H]1CCCN1C. The lowest BCUT2D eigenvalue weighted by Gasteiger charge is -2.35. The van der Waals surface area contributed by atoms with Gasteiger partial charge in [-0.05, 0) is 38.3 Å². The zero-order valence-electron chi connectivity index (χ0n) is 8.35. The highest BCUT2D eigenvalue weighted by Gasteiger charge is 2.33. The van der Waals surface area contributed by atoms with Gasteiger partial charge in [-0.2, -0.15) is 0 Å². The Hall–Kier alpha value is -0.0400. The molecule has 1 fully saturated rings. The molecule has 1 nitrogen and oxygen atoms in total. The van der Waals surface area contributed by atoms with E-state index in [-0.39, 0.29) is 0 Å². The summed E-state index contributed by atoms with van der Waals surface area (Å²) in [6, 6.07) is 0.826. The van der Waals surface area contributed by atoms with E-state index in [2.05, 4.69) is 32.7 Å². The summed E-state index contributed by atoms with van der Waals surface area (Å²) in [5, 5.41) is 0. The van der Waals surface area contributed by atoms with E-state index in [0.717, 1.165) is 6.04 Å². The fourth-order valence-corrected chi connectivity index (χ4v) is 2.13. The van der Waals surface area contributed by atoms with Crippen molar-refractivity contribution in [3.8, 4) is 0 Å². The summed E-state index contributed by atoms with van der Waals surface area (Å²) in [6.07, 6.45) is 4.09. The van der Waals surface area contributed by atoms with Crippen LogP contribution in [-0.4, -0.2) is 24.5 Å². The van der Waals surface area contributed by atoms with Crippen LogP contribution in [0.5, 0.6) is 0 Å². The van der Waals surface area contributed by atoms with Crippen LogP contribution in [0.25, 0.3) is 0 Å². The molecule has 0 bridgehead atoms. The second-order valence-electron chi connectivity index (χ2n) is 4.48. The van der Waals surface area contributed by atoms with E-state index in [1.807, 2.05) is 0 Å². The molecule has 0 spiro atoms. The van der Waals surface area contributed by atoms with Gasteiger partial charge in [0.05, 0.1) is 0 Å². The first-order valence-electron chi connectivity index (χ1n) is 4.78. The zero-order chi connectivity index (χ0) is 8.48. The number of likely N-dealkylation sites (tertiary alicyclic amines) is 1. The summed E-state index contributed by atoms with van der Waals surface area (Å²) < 4.78 is 0. The van der Waals surface area contributed by atoms with Crippen molar-refractivity contribution in [1.82, 2.24) is 4.90 Å². The van der Waals surface area contributed by atoms with E-state index in [1.54, 1.807) is 0 Å². The molecular formula is C10H21N. The lowest BCUT2D eigenvalue weighted by atomic mass is 9.81. The number of hydrogen-bond donors (Lipinski definition) is 0. The van der Waals surface area contributed by atoms with Crippen molar-refractivity contribution in [3.05, 3.63) is 0 Å². The lowest BCUT2D eigenvalue weighted by molar-refractivity contribution is 0.146. The van der Waals surface area contributed by atoms with Crippen molar-refractivity contribution < 1.29 is 0 Å². The summed E-state index contributed by atoms with van der Waals surface area (Å²) in [5.41, 5.74) is 0.519. The van der Waals surface area contributed by atoms with E-state index < -0.39 is 0 Å². The van der Waals surface area contributed by atoms with Crippen LogP contribution >= 0.6 is 0 Å². The van der Waals surface area contributed by atoms with Crippen molar-refractivity contribution in [3.63, 3.8) is 0 Å². The first-order chi connectivity index (χ1) is 5.08. The number of rotatable bonds is 2. The van der Waals surface area contributed by atoms with Gasteiger partial charge in [0.1, 0.15) is 0 Å². The second-order valence-corrected chi connectivity index (χ2v) is 4.48. The van der Waals surface area contributed by atoms with E-state index in [0.29, 0.717) is 5.41 Å². The molecule has 0 radical (unpaired) electrons. The maximum Gasteiger partial charge on any atom is 0.0144 e. The predicted molar refractivity (Wildman–Crippen MR) is 49.7 cm³/mol. The predicted octanol–water partition coefficient (Wildman–Crippen LogP) is 2.52. The molecule has 0 aromatic heterocycles. The third-order valence-electron chi connectivity index (χ3n) is 3.33. The third kappa shape index (κ3) is 1.76. The Morgan fingerprint density at radius 1 is 1.45 bits per heavy atom. The van der Waals surface area contributed by atoms with Gasteiger partial charge in [-0.3, -0.25) is 0 Å². The minimum Gasteiger partial charge on any atom is -0.303 e. The molecule has 1 rings (SSSR count). The van der Waals surface area contributed by atoms with Gasteiger partial charge < -0.3 is 4.90 Å². The van der Waals surface area contributed by atoms with Gasteiger partial charge in [-0.25, -0.2) is 0 Å². The maximum absolute atomic E-state index is 2.52. The number of nitrogens with zero attached hydrogens (tertiary/aromatic N) is 1. The maximum atomic E-state index is 2.52. The molecule has 0 aromatic rings. The summed E-state index contributed by atoms with van der Waals surface area (Å²) in [4.78, 5) is 2.52. The Bertz CT molecular complexity index is 129. The van der Waals surface area contributed by atoms with Gasteiger partial charge in [0, 0.05) is 6.04 Å². The Kier molecular flexibility index (Phi) is 2.58. The molecule has 66 valence electrons. The molecule has 0 aromatic carbocycles. The normalized spacial score (nSPS) is 27.8. The molecule has 1 aliphatic rings. The van der Waals surface area contributed by atoms with Crippen LogP contribution in [0.2, 0.25) is 0 Å². The quantitative estimate of drug-likeness (QED) is 0.592. The van der Waals surface area contributed by atoms with Gasteiger partial charge in [0.25, 0.3) is 0 Å². The Morgan fingerprint density at radius 3 is 2.45 bits per heavy atom. The summed E-state index contributed by atoms with van der Waals surface area (Å²) in [7, 11) is 2.26. The molecule has 0 aliphatic carbocycles. The molecule has 0 amide bonds. The van der Waals surface area contributed by atoms with Crippen LogP contribution in [0.4, 0.5) is 0 Å². The van der Waals surface area contributed by atoms with Crippen LogP contribution in [0.15, 0.2) is 0 Å². The van der Waals surface area contributed by atoms with Gasteiger partial charge in [0.15, 0.2) is 0 Å². The van der Waals surface area contributed by atoms with Crippen molar-refractivity contribution in [2.45, 2.75) is 46.1 Å². The third-order valence-corrected chi connectivity index (χ3v) is 3.33. The van der Waals surface area contributed by atoms with E-state index in [1.165, 1.54) is 25.8 Å². The second kappa shape index (κ2) is 3.14. The first kappa shape index (κ1) is 9.05. The minimum atomic E-state index is 0.519. The van der Waals surface area contributed by atoms with Crippen molar-refractivity contribution in [1.29, 1.82) is 0 Å². The monoisotopic (exact) mass is 155 g/mol. The molecule has 11 heavy (non-hydrogen) atoms. The van der Waals surface area contributed by atoms with Crippen molar-refractivity contribution in [2.24, 2.45) is 5.41 Å². The highest BCUT2D eigenvalue weighted by atomic mass is 15.2.